The van der Waals surface area contributed by atoms with Crippen LogP contribution in [-0.4, -0.2) is 50.1 Å². The molecule has 4 nitrogen and oxygen atoms in total. The summed E-state index contributed by atoms with van der Waals surface area (Å²) >= 11 is 0. The molecule has 1 saturated carbocycles. The van der Waals surface area contributed by atoms with E-state index in [1.807, 2.05) is 0 Å². The standard InChI is InChI=1S/C14H28N2O2/c1-13(2,10-15)11-16(3)12-4-6-14(7-5-12)17-8-9-18-14/h12H,4-11,15H2,1-3H3. The first kappa shape index (κ1) is 14.3. The van der Waals surface area contributed by atoms with E-state index >= 15 is 0 Å². The fraction of sp³-hybridized carbons (Fsp3) is 1.00. The average molecular weight is 256 g/mol. The minimum atomic E-state index is -0.235. The third kappa shape index (κ3) is 3.23. The lowest BCUT2D eigenvalue weighted by Crippen LogP contribution is -2.46. The van der Waals surface area contributed by atoms with Crippen LogP contribution >= 0.6 is 0 Å². The van der Waals surface area contributed by atoms with E-state index in [1.165, 1.54) is 0 Å². The largest absolute Gasteiger partial charge is 0.348 e. The van der Waals surface area contributed by atoms with Crippen molar-refractivity contribution in [2.24, 2.45) is 11.1 Å². The van der Waals surface area contributed by atoms with Crippen LogP contribution in [0.25, 0.3) is 0 Å². The molecular weight excluding hydrogens is 228 g/mol. The Balaban J connectivity index is 1.82. The highest BCUT2D eigenvalue weighted by molar-refractivity contribution is 4.87. The fourth-order valence-electron chi connectivity index (χ4n) is 3.14. The van der Waals surface area contributed by atoms with E-state index in [1.54, 1.807) is 0 Å². The summed E-state index contributed by atoms with van der Waals surface area (Å²) in [6.45, 7) is 7.79. The Hall–Kier alpha value is -0.160. The Morgan fingerprint density at radius 1 is 1.22 bits per heavy atom. The molecule has 0 radical (unpaired) electrons. The van der Waals surface area contributed by atoms with Crippen LogP contribution < -0.4 is 5.73 Å². The molecule has 2 aliphatic rings. The summed E-state index contributed by atoms with van der Waals surface area (Å²) in [6.07, 6.45) is 4.39. The molecule has 18 heavy (non-hydrogen) atoms. The van der Waals surface area contributed by atoms with Crippen LogP contribution in [-0.2, 0) is 9.47 Å². The van der Waals surface area contributed by atoms with Gasteiger partial charge in [0.15, 0.2) is 5.79 Å². The Labute approximate surface area is 111 Å². The van der Waals surface area contributed by atoms with Crippen molar-refractivity contribution in [2.45, 2.75) is 51.4 Å². The van der Waals surface area contributed by atoms with Gasteiger partial charge in [-0.1, -0.05) is 13.8 Å². The maximum absolute atomic E-state index is 5.81. The number of hydrogen-bond acceptors (Lipinski definition) is 4. The van der Waals surface area contributed by atoms with Gasteiger partial charge in [0.05, 0.1) is 13.2 Å². The third-order valence-corrected chi connectivity index (χ3v) is 4.38. The molecule has 0 unspecified atom stereocenters. The van der Waals surface area contributed by atoms with Crippen molar-refractivity contribution in [3.8, 4) is 0 Å². The van der Waals surface area contributed by atoms with Crippen LogP contribution in [0.4, 0.5) is 0 Å². The highest BCUT2D eigenvalue weighted by Crippen LogP contribution is 2.37. The van der Waals surface area contributed by atoms with Crippen LogP contribution in [0.3, 0.4) is 0 Å². The second-order valence-electron chi connectivity index (χ2n) is 6.62. The maximum Gasteiger partial charge on any atom is 0.168 e. The highest BCUT2D eigenvalue weighted by Gasteiger charge is 2.41. The van der Waals surface area contributed by atoms with Crippen LogP contribution in [0.5, 0.6) is 0 Å². The lowest BCUT2D eigenvalue weighted by atomic mass is 9.87. The highest BCUT2D eigenvalue weighted by atomic mass is 16.7. The Morgan fingerprint density at radius 3 is 2.28 bits per heavy atom. The normalized spacial score (nSPS) is 25.2. The summed E-state index contributed by atoms with van der Waals surface area (Å²) < 4.78 is 11.5. The molecule has 2 rings (SSSR count). The molecule has 2 fully saturated rings. The van der Waals surface area contributed by atoms with Gasteiger partial charge < -0.3 is 20.1 Å². The molecule has 2 N–H and O–H groups in total. The van der Waals surface area contributed by atoms with Gasteiger partial charge in [-0.3, -0.25) is 0 Å². The Morgan fingerprint density at radius 2 is 1.78 bits per heavy atom. The zero-order valence-electron chi connectivity index (χ0n) is 12.1. The van der Waals surface area contributed by atoms with Gasteiger partial charge in [-0.2, -0.15) is 0 Å². The second kappa shape index (κ2) is 5.45. The van der Waals surface area contributed by atoms with Gasteiger partial charge in [0.1, 0.15) is 0 Å². The number of rotatable bonds is 4. The first-order chi connectivity index (χ1) is 8.46. The van der Waals surface area contributed by atoms with E-state index in [0.29, 0.717) is 6.04 Å². The summed E-state index contributed by atoms with van der Waals surface area (Å²) in [7, 11) is 2.22. The lowest BCUT2D eigenvalue weighted by Gasteiger charge is -2.41. The van der Waals surface area contributed by atoms with Crippen molar-refractivity contribution >= 4 is 0 Å². The molecule has 0 aromatic carbocycles. The second-order valence-corrected chi connectivity index (χ2v) is 6.62. The van der Waals surface area contributed by atoms with Crippen LogP contribution in [0.1, 0.15) is 39.5 Å². The van der Waals surface area contributed by atoms with Crippen LogP contribution in [0, 0.1) is 5.41 Å². The molecule has 1 heterocycles. The Kier molecular flexibility index (Phi) is 4.32. The van der Waals surface area contributed by atoms with Crippen molar-refractivity contribution in [3.05, 3.63) is 0 Å². The van der Waals surface area contributed by atoms with E-state index in [4.69, 9.17) is 15.2 Å². The van der Waals surface area contributed by atoms with E-state index in [9.17, 15) is 0 Å². The molecule has 0 bridgehead atoms. The molecular formula is C14H28N2O2. The molecule has 0 aromatic rings. The van der Waals surface area contributed by atoms with Crippen molar-refractivity contribution in [1.29, 1.82) is 0 Å². The molecule has 1 saturated heterocycles. The van der Waals surface area contributed by atoms with E-state index in [-0.39, 0.29) is 11.2 Å². The zero-order chi connectivity index (χ0) is 13.2. The molecule has 1 spiro atoms. The summed E-state index contributed by atoms with van der Waals surface area (Å²) in [5, 5.41) is 0. The summed E-state index contributed by atoms with van der Waals surface area (Å²) in [5.74, 6) is -0.235. The summed E-state index contributed by atoms with van der Waals surface area (Å²) in [5.41, 5.74) is 6.01. The SMILES string of the molecule is CN(CC(C)(C)CN)C1CCC2(CC1)OCCO2. The van der Waals surface area contributed by atoms with Gasteiger partial charge in [-0.15, -0.1) is 0 Å². The first-order valence-electron chi connectivity index (χ1n) is 7.15. The van der Waals surface area contributed by atoms with Gasteiger partial charge in [0, 0.05) is 25.4 Å². The zero-order valence-corrected chi connectivity index (χ0v) is 12.1. The van der Waals surface area contributed by atoms with Crippen LogP contribution in [0.2, 0.25) is 0 Å². The third-order valence-electron chi connectivity index (χ3n) is 4.38. The van der Waals surface area contributed by atoms with Gasteiger partial charge in [0.2, 0.25) is 0 Å². The molecule has 106 valence electrons. The van der Waals surface area contributed by atoms with Gasteiger partial charge >= 0.3 is 0 Å². The molecule has 1 aliphatic carbocycles. The predicted octanol–water partition coefficient (Wildman–Crippen LogP) is 1.59. The molecule has 1 aliphatic heterocycles. The van der Waals surface area contributed by atoms with Crippen molar-refractivity contribution in [2.75, 3.05) is 33.4 Å². The van der Waals surface area contributed by atoms with Crippen molar-refractivity contribution in [3.63, 3.8) is 0 Å². The van der Waals surface area contributed by atoms with E-state index < -0.39 is 0 Å². The van der Waals surface area contributed by atoms with Gasteiger partial charge in [-0.05, 0) is 31.8 Å². The van der Waals surface area contributed by atoms with Gasteiger partial charge in [0.25, 0.3) is 0 Å². The lowest BCUT2D eigenvalue weighted by molar-refractivity contribution is -0.183. The first-order valence-corrected chi connectivity index (χ1v) is 7.15. The smallest absolute Gasteiger partial charge is 0.168 e. The monoisotopic (exact) mass is 256 g/mol. The number of nitrogens with zero attached hydrogens (tertiary/aromatic N) is 1. The fourth-order valence-corrected chi connectivity index (χ4v) is 3.14. The number of ether oxygens (including phenoxy) is 2. The molecule has 0 aromatic heterocycles. The van der Waals surface area contributed by atoms with E-state index in [0.717, 1.165) is 52.0 Å². The summed E-state index contributed by atoms with van der Waals surface area (Å²) in [4.78, 5) is 2.47. The van der Waals surface area contributed by atoms with Crippen LogP contribution in [0.15, 0.2) is 0 Å². The minimum absolute atomic E-state index is 0.199. The maximum atomic E-state index is 5.81. The van der Waals surface area contributed by atoms with E-state index in [2.05, 4.69) is 25.8 Å². The van der Waals surface area contributed by atoms with Gasteiger partial charge in [-0.25, -0.2) is 0 Å². The number of nitrogens with two attached hydrogens (primary N) is 1. The predicted molar refractivity (Wildman–Crippen MR) is 72.4 cm³/mol. The summed E-state index contributed by atoms with van der Waals surface area (Å²) in [6, 6.07) is 0.647. The van der Waals surface area contributed by atoms with Crippen molar-refractivity contribution < 1.29 is 9.47 Å². The molecule has 0 amide bonds. The average Bonchev–Trinajstić information content (AvgIpc) is 2.78. The van der Waals surface area contributed by atoms with Crippen molar-refractivity contribution in [1.82, 2.24) is 4.90 Å². The minimum Gasteiger partial charge on any atom is -0.348 e. The quantitative estimate of drug-likeness (QED) is 0.830. The molecule has 4 heteroatoms. The Bertz CT molecular complexity index is 265. The number of hydrogen-bond donors (Lipinski definition) is 1. The topological polar surface area (TPSA) is 47.7 Å². The molecule has 0 atom stereocenters.